The molecule has 0 aliphatic heterocycles. The average molecular weight is 702 g/mol. The smallest absolute Gasteiger partial charge is 0.235 e. The Balaban J connectivity index is 1.29. The third kappa shape index (κ3) is 6.08. The van der Waals surface area contributed by atoms with Gasteiger partial charge >= 0.3 is 0 Å². The molecule has 10 aromatic rings. The molecule has 0 N–H and O–H groups in total. The van der Waals surface area contributed by atoms with E-state index in [0.717, 1.165) is 66.6 Å². The van der Waals surface area contributed by atoms with Crippen LogP contribution in [-0.4, -0.2) is 14.5 Å². The van der Waals surface area contributed by atoms with Crippen molar-refractivity contribution in [1.29, 1.82) is 0 Å². The van der Waals surface area contributed by atoms with Crippen LogP contribution in [0.5, 0.6) is 0 Å². The number of hydrogen-bond acceptors (Lipinski definition) is 2. The van der Waals surface area contributed by atoms with Gasteiger partial charge in [0.25, 0.3) is 0 Å². The van der Waals surface area contributed by atoms with Crippen molar-refractivity contribution in [3.63, 3.8) is 0 Å². The monoisotopic (exact) mass is 701 g/mol. The van der Waals surface area contributed by atoms with Crippen LogP contribution in [0.3, 0.4) is 0 Å². The Kier molecular flexibility index (Phi) is 8.16. The van der Waals surface area contributed by atoms with E-state index in [9.17, 15) is 0 Å². The molecule has 55 heavy (non-hydrogen) atoms. The van der Waals surface area contributed by atoms with Crippen molar-refractivity contribution in [1.82, 2.24) is 14.5 Å². The maximum Gasteiger partial charge on any atom is 0.235 e. The van der Waals surface area contributed by atoms with E-state index < -0.39 is 0 Å². The van der Waals surface area contributed by atoms with E-state index >= 15 is 0 Å². The number of hydrogen-bond donors (Lipinski definition) is 0. The molecule has 3 heteroatoms. The maximum atomic E-state index is 5.35. The molecule has 0 spiro atoms. The molecule has 8 aromatic carbocycles. The first-order valence-corrected chi connectivity index (χ1v) is 18.7. The number of nitrogens with zero attached hydrogens (tertiary/aromatic N) is 3. The van der Waals surface area contributed by atoms with Gasteiger partial charge in [-0.05, 0) is 75.3 Å². The van der Waals surface area contributed by atoms with E-state index in [1.807, 2.05) is 12.1 Å². The number of aromatic nitrogens is 3. The second-order valence-corrected chi connectivity index (χ2v) is 13.8. The maximum absolute atomic E-state index is 5.35. The van der Waals surface area contributed by atoms with Gasteiger partial charge in [-0.25, -0.2) is 9.97 Å². The molecule has 0 atom stereocenters. The van der Waals surface area contributed by atoms with E-state index in [-0.39, 0.29) is 0 Å². The lowest BCUT2D eigenvalue weighted by Gasteiger charge is -2.15. The fourth-order valence-electron chi connectivity index (χ4n) is 7.75. The molecule has 0 saturated heterocycles. The highest BCUT2D eigenvalue weighted by Gasteiger charge is 2.22. The summed E-state index contributed by atoms with van der Waals surface area (Å²) in [4.78, 5) is 10.7. The third-order valence-electron chi connectivity index (χ3n) is 10.4. The molecule has 10 rings (SSSR count). The van der Waals surface area contributed by atoms with Gasteiger partial charge < -0.3 is 0 Å². The number of fused-ring (bicyclic) bond motifs is 3. The standard InChI is InChI=1S/C52H35N3/c1-5-17-36(18-6-1)40-25-15-27-42(31-40)44-33-46(43-28-16-26-41(32-43)37-19-7-2-8-20-37)51-47(34-44)45-29-13-14-30-50(45)55(51)52-53-48(38-21-9-3-10-22-38)35-49(54-52)39-23-11-4-12-24-39/h1-35H. The Hall–Kier alpha value is -7.36. The van der Waals surface area contributed by atoms with E-state index in [1.165, 1.54) is 22.3 Å². The van der Waals surface area contributed by atoms with Crippen LogP contribution in [0.25, 0.3) is 94.8 Å². The first-order chi connectivity index (χ1) is 27.3. The molecule has 0 unspecified atom stereocenters. The molecule has 2 heterocycles. The molecular weight excluding hydrogens is 667 g/mol. The lowest BCUT2D eigenvalue weighted by Crippen LogP contribution is -2.04. The van der Waals surface area contributed by atoms with Crippen LogP contribution >= 0.6 is 0 Å². The predicted molar refractivity (Wildman–Crippen MR) is 229 cm³/mol. The van der Waals surface area contributed by atoms with Crippen molar-refractivity contribution in [3.8, 4) is 73.0 Å². The SMILES string of the molecule is c1ccc(-c2cccc(-c3cc(-c4cccc(-c5ccccc5)c4)c4c(c3)c3ccccc3n4-c3nc(-c4ccccc4)cc(-c4ccccc4)n3)c2)cc1. The fraction of sp³-hybridized carbons (Fsp3) is 0. The van der Waals surface area contributed by atoms with Gasteiger partial charge in [-0.3, -0.25) is 4.57 Å². The molecule has 0 fully saturated rings. The summed E-state index contributed by atoms with van der Waals surface area (Å²) >= 11 is 0. The van der Waals surface area contributed by atoms with Crippen LogP contribution < -0.4 is 0 Å². The average Bonchev–Trinajstić information content (AvgIpc) is 3.61. The van der Waals surface area contributed by atoms with Gasteiger partial charge in [0, 0.05) is 27.5 Å². The summed E-state index contributed by atoms with van der Waals surface area (Å²) in [7, 11) is 0. The Morgan fingerprint density at radius 2 is 0.727 bits per heavy atom. The molecular formula is C52H35N3. The Morgan fingerprint density at radius 1 is 0.291 bits per heavy atom. The van der Waals surface area contributed by atoms with Gasteiger partial charge in [0.1, 0.15) is 0 Å². The Morgan fingerprint density at radius 3 is 1.29 bits per heavy atom. The van der Waals surface area contributed by atoms with Crippen molar-refractivity contribution in [2.45, 2.75) is 0 Å². The molecule has 2 aromatic heterocycles. The highest BCUT2D eigenvalue weighted by Crippen LogP contribution is 2.42. The van der Waals surface area contributed by atoms with Crippen LogP contribution in [0, 0.1) is 0 Å². The number of rotatable bonds is 7. The summed E-state index contributed by atoms with van der Waals surface area (Å²) < 4.78 is 2.28. The normalized spacial score (nSPS) is 11.3. The van der Waals surface area contributed by atoms with Crippen LogP contribution in [0.15, 0.2) is 212 Å². The molecule has 0 bridgehead atoms. The van der Waals surface area contributed by atoms with Gasteiger partial charge in [0.05, 0.1) is 22.4 Å². The van der Waals surface area contributed by atoms with Gasteiger partial charge in [0.2, 0.25) is 5.95 Å². The third-order valence-corrected chi connectivity index (χ3v) is 10.4. The minimum Gasteiger partial charge on any atom is -0.277 e. The fourth-order valence-corrected chi connectivity index (χ4v) is 7.75. The van der Waals surface area contributed by atoms with Crippen molar-refractivity contribution in [2.75, 3.05) is 0 Å². The first kappa shape index (κ1) is 32.3. The molecule has 0 aliphatic rings. The summed E-state index contributed by atoms with van der Waals surface area (Å²) in [6, 6.07) is 75.2. The first-order valence-electron chi connectivity index (χ1n) is 18.7. The molecule has 0 radical (unpaired) electrons. The van der Waals surface area contributed by atoms with E-state index in [2.05, 4.69) is 205 Å². The summed E-state index contributed by atoms with van der Waals surface area (Å²) in [6.45, 7) is 0. The van der Waals surface area contributed by atoms with Crippen LogP contribution in [0.4, 0.5) is 0 Å². The highest BCUT2D eigenvalue weighted by atomic mass is 15.2. The zero-order chi connectivity index (χ0) is 36.6. The second-order valence-electron chi connectivity index (χ2n) is 13.8. The van der Waals surface area contributed by atoms with Crippen molar-refractivity contribution < 1.29 is 0 Å². The van der Waals surface area contributed by atoms with Gasteiger partial charge in [-0.2, -0.15) is 0 Å². The van der Waals surface area contributed by atoms with E-state index in [4.69, 9.17) is 9.97 Å². The largest absolute Gasteiger partial charge is 0.277 e. The minimum atomic E-state index is 0.630. The quantitative estimate of drug-likeness (QED) is 0.166. The topological polar surface area (TPSA) is 30.7 Å². The van der Waals surface area contributed by atoms with Crippen LogP contribution in [0.1, 0.15) is 0 Å². The Labute approximate surface area is 320 Å². The predicted octanol–water partition coefficient (Wildman–Crippen LogP) is 13.6. The zero-order valence-corrected chi connectivity index (χ0v) is 30.0. The molecule has 0 aliphatic carbocycles. The van der Waals surface area contributed by atoms with Crippen LogP contribution in [-0.2, 0) is 0 Å². The van der Waals surface area contributed by atoms with Gasteiger partial charge in [-0.1, -0.05) is 176 Å². The molecule has 0 amide bonds. The Bertz CT molecular complexity index is 2890. The van der Waals surface area contributed by atoms with E-state index in [0.29, 0.717) is 5.95 Å². The minimum absolute atomic E-state index is 0.630. The summed E-state index contributed by atoms with van der Waals surface area (Å²) in [5, 5.41) is 2.29. The molecule has 0 saturated carbocycles. The summed E-state index contributed by atoms with van der Waals surface area (Å²) in [5.41, 5.74) is 15.2. The molecule has 3 nitrogen and oxygen atoms in total. The highest BCUT2D eigenvalue weighted by molar-refractivity contribution is 6.15. The van der Waals surface area contributed by atoms with E-state index in [1.54, 1.807) is 0 Å². The van der Waals surface area contributed by atoms with Gasteiger partial charge in [0.15, 0.2) is 0 Å². The summed E-state index contributed by atoms with van der Waals surface area (Å²) in [5.74, 6) is 0.630. The van der Waals surface area contributed by atoms with Crippen molar-refractivity contribution in [2.24, 2.45) is 0 Å². The lowest BCUT2D eigenvalue weighted by molar-refractivity contribution is 0.996. The zero-order valence-electron chi connectivity index (χ0n) is 30.0. The molecule has 258 valence electrons. The number of benzene rings is 8. The van der Waals surface area contributed by atoms with Crippen molar-refractivity contribution in [3.05, 3.63) is 212 Å². The lowest BCUT2D eigenvalue weighted by atomic mass is 9.92. The number of para-hydroxylation sites is 1. The second kappa shape index (κ2) is 13.9. The van der Waals surface area contributed by atoms with Gasteiger partial charge in [-0.15, -0.1) is 0 Å². The summed E-state index contributed by atoms with van der Waals surface area (Å²) in [6.07, 6.45) is 0. The van der Waals surface area contributed by atoms with Crippen LogP contribution in [0.2, 0.25) is 0 Å². The van der Waals surface area contributed by atoms with Crippen molar-refractivity contribution >= 4 is 21.8 Å².